The van der Waals surface area contributed by atoms with Gasteiger partial charge < -0.3 is 19.9 Å². The van der Waals surface area contributed by atoms with Gasteiger partial charge in [-0.15, -0.1) is 24.0 Å². The monoisotopic (exact) mass is 521 g/mol. The molecule has 2 aliphatic heterocycles. The van der Waals surface area contributed by atoms with Crippen LogP contribution < -0.4 is 15.1 Å². The predicted molar refractivity (Wildman–Crippen MR) is 134 cm³/mol. The highest BCUT2D eigenvalue weighted by atomic mass is 127. The van der Waals surface area contributed by atoms with Crippen LogP contribution in [0, 0.1) is 0 Å². The van der Waals surface area contributed by atoms with E-state index in [1.807, 2.05) is 6.20 Å². The summed E-state index contributed by atoms with van der Waals surface area (Å²) in [7, 11) is 0. The first-order valence-corrected chi connectivity index (χ1v) is 10.6. The van der Waals surface area contributed by atoms with E-state index in [-0.39, 0.29) is 36.2 Å². The lowest BCUT2D eigenvalue weighted by Crippen LogP contribution is -2.45. The Morgan fingerprint density at radius 3 is 2.63 bits per heavy atom. The zero-order chi connectivity index (χ0) is 20.2. The minimum Gasteiger partial charge on any atom is -0.372 e. The summed E-state index contributed by atoms with van der Waals surface area (Å²) in [4.78, 5) is 14.2. The van der Waals surface area contributed by atoms with Crippen molar-refractivity contribution in [2.75, 3.05) is 36.0 Å². The Morgan fingerprint density at radius 2 is 1.93 bits per heavy atom. The topological polar surface area (TPSA) is 53.0 Å². The van der Waals surface area contributed by atoms with Crippen molar-refractivity contribution in [2.24, 2.45) is 4.99 Å². The number of anilines is 2. The molecule has 2 atom stereocenters. The molecule has 6 nitrogen and oxygen atoms in total. The summed E-state index contributed by atoms with van der Waals surface area (Å²) < 4.78 is 5.82. The third kappa shape index (κ3) is 5.24. The first-order chi connectivity index (χ1) is 14.1. The van der Waals surface area contributed by atoms with Crippen molar-refractivity contribution in [2.45, 2.75) is 45.9 Å². The van der Waals surface area contributed by atoms with Crippen molar-refractivity contribution >= 4 is 41.4 Å². The number of benzene rings is 1. The van der Waals surface area contributed by atoms with Gasteiger partial charge in [0, 0.05) is 38.1 Å². The van der Waals surface area contributed by atoms with Gasteiger partial charge in [-0.1, -0.05) is 24.3 Å². The van der Waals surface area contributed by atoms with Gasteiger partial charge in [-0.2, -0.15) is 0 Å². The molecule has 3 heterocycles. The van der Waals surface area contributed by atoms with Crippen molar-refractivity contribution < 1.29 is 4.74 Å². The van der Waals surface area contributed by atoms with E-state index in [0.717, 1.165) is 49.9 Å². The fraction of sp³-hybridized carbons (Fsp3) is 0.478. The number of rotatable bonds is 4. The number of hydrogen-bond donors (Lipinski definition) is 1. The summed E-state index contributed by atoms with van der Waals surface area (Å²) >= 11 is 0. The van der Waals surface area contributed by atoms with Crippen LogP contribution in [0.25, 0.3) is 0 Å². The Morgan fingerprint density at radius 1 is 1.17 bits per heavy atom. The number of nitrogens with zero attached hydrogens (tertiary/aromatic N) is 4. The molecule has 2 unspecified atom stereocenters. The summed E-state index contributed by atoms with van der Waals surface area (Å²) in [5.74, 6) is 1.96. The molecule has 2 aromatic rings. The number of hydrogen-bond acceptors (Lipinski definition) is 4. The van der Waals surface area contributed by atoms with E-state index >= 15 is 0 Å². The second kappa shape index (κ2) is 10.4. The van der Waals surface area contributed by atoms with E-state index in [0.29, 0.717) is 6.54 Å². The maximum Gasteiger partial charge on any atom is 0.198 e. The lowest BCUT2D eigenvalue weighted by molar-refractivity contribution is -0.00545. The summed E-state index contributed by atoms with van der Waals surface area (Å²) in [6.45, 7) is 10.5. The van der Waals surface area contributed by atoms with Crippen molar-refractivity contribution in [3.05, 3.63) is 53.7 Å². The Hall–Kier alpha value is -1.87. The Bertz CT molecular complexity index is 847. The van der Waals surface area contributed by atoms with Gasteiger partial charge in [-0.25, -0.2) is 9.98 Å². The molecular formula is C23H32IN5O. The van der Waals surface area contributed by atoms with E-state index in [2.05, 4.69) is 72.3 Å². The fourth-order valence-corrected chi connectivity index (χ4v) is 4.18. The van der Waals surface area contributed by atoms with Crippen LogP contribution in [0.3, 0.4) is 0 Å². The molecule has 30 heavy (non-hydrogen) atoms. The van der Waals surface area contributed by atoms with Crippen LogP contribution >= 0.6 is 24.0 Å². The number of fused-ring (bicyclic) bond motifs is 1. The largest absolute Gasteiger partial charge is 0.372 e. The molecule has 0 spiro atoms. The molecule has 162 valence electrons. The molecule has 7 heteroatoms. The summed E-state index contributed by atoms with van der Waals surface area (Å²) in [6, 6.07) is 12.8. The number of nitrogens with one attached hydrogen (secondary N) is 1. The smallest absolute Gasteiger partial charge is 0.198 e. The van der Waals surface area contributed by atoms with Gasteiger partial charge in [0.25, 0.3) is 0 Å². The molecule has 1 aromatic heterocycles. The summed E-state index contributed by atoms with van der Waals surface area (Å²) in [5, 5.41) is 3.44. The number of halogens is 1. The summed E-state index contributed by atoms with van der Waals surface area (Å²) in [5.41, 5.74) is 3.76. The van der Waals surface area contributed by atoms with Crippen LogP contribution in [0.15, 0.2) is 47.6 Å². The molecule has 4 rings (SSSR count). The molecule has 0 bridgehead atoms. The zero-order valence-electron chi connectivity index (χ0n) is 18.0. The number of aromatic nitrogens is 1. The van der Waals surface area contributed by atoms with E-state index in [4.69, 9.17) is 14.7 Å². The molecule has 1 saturated heterocycles. The van der Waals surface area contributed by atoms with Gasteiger partial charge in [-0.3, -0.25) is 0 Å². The van der Waals surface area contributed by atoms with Crippen molar-refractivity contribution in [1.82, 2.24) is 10.3 Å². The second-order valence-corrected chi connectivity index (χ2v) is 7.89. The summed E-state index contributed by atoms with van der Waals surface area (Å²) in [6.07, 6.45) is 3.48. The average Bonchev–Trinajstić information content (AvgIpc) is 3.15. The van der Waals surface area contributed by atoms with Crippen molar-refractivity contribution in [1.29, 1.82) is 0 Å². The minimum absolute atomic E-state index is 0. The number of para-hydroxylation sites is 1. The van der Waals surface area contributed by atoms with Gasteiger partial charge in [-0.05, 0) is 50.5 Å². The van der Waals surface area contributed by atoms with Crippen molar-refractivity contribution in [3.63, 3.8) is 0 Å². The SMILES string of the molecule is CCNC(=NCc1ccc(N2CC(C)OC(C)C2)nc1)N1CCc2ccccc21.I. The predicted octanol–water partition coefficient (Wildman–Crippen LogP) is 3.84. The van der Waals surface area contributed by atoms with Crippen LogP contribution in [-0.4, -0.2) is 49.3 Å². The molecular weight excluding hydrogens is 489 g/mol. The number of pyridine rings is 1. The minimum atomic E-state index is 0. The Kier molecular flexibility index (Phi) is 7.93. The van der Waals surface area contributed by atoms with Gasteiger partial charge in [0.1, 0.15) is 5.82 Å². The van der Waals surface area contributed by atoms with E-state index in [1.165, 1.54) is 11.3 Å². The maximum atomic E-state index is 5.82. The lowest BCUT2D eigenvalue weighted by atomic mass is 10.2. The second-order valence-electron chi connectivity index (χ2n) is 7.89. The molecule has 0 aliphatic carbocycles. The Balaban J connectivity index is 0.00000256. The average molecular weight is 521 g/mol. The number of guanidine groups is 1. The van der Waals surface area contributed by atoms with Crippen LogP contribution in [0.4, 0.5) is 11.5 Å². The molecule has 1 N–H and O–H groups in total. The Labute approximate surface area is 196 Å². The fourth-order valence-electron chi connectivity index (χ4n) is 4.18. The van der Waals surface area contributed by atoms with Gasteiger partial charge in [0.05, 0.1) is 18.8 Å². The van der Waals surface area contributed by atoms with E-state index < -0.39 is 0 Å². The molecule has 2 aliphatic rings. The van der Waals surface area contributed by atoms with Crippen LogP contribution in [0.1, 0.15) is 31.9 Å². The molecule has 0 saturated carbocycles. The zero-order valence-corrected chi connectivity index (χ0v) is 20.4. The number of aliphatic imine (C=N–C) groups is 1. The van der Waals surface area contributed by atoms with Gasteiger partial charge in [0.15, 0.2) is 5.96 Å². The third-order valence-electron chi connectivity index (χ3n) is 5.44. The number of morpholine rings is 1. The van der Waals surface area contributed by atoms with Crippen LogP contribution in [-0.2, 0) is 17.7 Å². The first kappa shape index (κ1) is 22.8. The van der Waals surface area contributed by atoms with Crippen LogP contribution in [0.2, 0.25) is 0 Å². The molecule has 1 aromatic carbocycles. The lowest BCUT2D eigenvalue weighted by Gasteiger charge is -2.36. The maximum absolute atomic E-state index is 5.82. The quantitative estimate of drug-likeness (QED) is 0.377. The standard InChI is InChI=1S/C23H31N5O.HI/c1-4-24-23(28-12-11-20-7-5-6-8-21(20)28)26-14-19-9-10-22(25-13-19)27-15-17(2)29-18(3)16-27;/h5-10,13,17-18H,4,11-12,14-16H2,1-3H3,(H,24,26);1H. The van der Waals surface area contributed by atoms with E-state index in [9.17, 15) is 0 Å². The van der Waals surface area contributed by atoms with Crippen molar-refractivity contribution in [3.8, 4) is 0 Å². The molecule has 1 fully saturated rings. The number of ether oxygens (including phenoxy) is 1. The highest BCUT2D eigenvalue weighted by Crippen LogP contribution is 2.27. The van der Waals surface area contributed by atoms with Gasteiger partial charge >= 0.3 is 0 Å². The first-order valence-electron chi connectivity index (χ1n) is 10.6. The molecule has 0 radical (unpaired) electrons. The van der Waals surface area contributed by atoms with Crippen LogP contribution in [0.5, 0.6) is 0 Å². The highest BCUT2D eigenvalue weighted by molar-refractivity contribution is 14.0. The molecule has 0 amide bonds. The third-order valence-corrected chi connectivity index (χ3v) is 5.44. The highest BCUT2D eigenvalue weighted by Gasteiger charge is 2.24. The van der Waals surface area contributed by atoms with Gasteiger partial charge in [0.2, 0.25) is 0 Å². The normalized spacial score (nSPS) is 21.2. The van der Waals surface area contributed by atoms with E-state index in [1.54, 1.807) is 0 Å².